The maximum atomic E-state index is 13.5. The van der Waals surface area contributed by atoms with Gasteiger partial charge in [0.2, 0.25) is 0 Å². The zero-order chi connectivity index (χ0) is 15.6. The molecule has 0 saturated heterocycles. The number of anilines is 3. The van der Waals surface area contributed by atoms with E-state index in [9.17, 15) is 12.8 Å². The van der Waals surface area contributed by atoms with Crippen LogP contribution >= 0.6 is 0 Å². The fourth-order valence-electron chi connectivity index (χ4n) is 1.77. The predicted octanol–water partition coefficient (Wildman–Crippen LogP) is 2.43. The van der Waals surface area contributed by atoms with Crippen LogP contribution in [0, 0.1) is 17.1 Å². The van der Waals surface area contributed by atoms with Gasteiger partial charge in [-0.1, -0.05) is 6.07 Å². The molecule has 2 aromatic carbocycles. The number of benzene rings is 2. The summed E-state index contributed by atoms with van der Waals surface area (Å²) in [6, 6.07) is 10.1. The average molecular weight is 305 g/mol. The molecule has 108 valence electrons. The Balaban J connectivity index is 2.43. The summed E-state index contributed by atoms with van der Waals surface area (Å²) >= 11 is 0. The van der Waals surface area contributed by atoms with Crippen molar-refractivity contribution in [3.63, 3.8) is 0 Å². The van der Waals surface area contributed by atoms with Crippen molar-refractivity contribution in [1.29, 1.82) is 5.26 Å². The molecule has 0 unspecified atom stereocenters. The minimum atomic E-state index is -3.35. The van der Waals surface area contributed by atoms with Gasteiger partial charge in [0.15, 0.2) is 9.84 Å². The number of hydrogen-bond donors (Lipinski definition) is 2. The topological polar surface area (TPSA) is 96.0 Å². The second kappa shape index (κ2) is 5.42. The summed E-state index contributed by atoms with van der Waals surface area (Å²) in [5, 5.41) is 11.8. The van der Waals surface area contributed by atoms with Crippen LogP contribution in [0.2, 0.25) is 0 Å². The van der Waals surface area contributed by atoms with Crippen LogP contribution in [-0.4, -0.2) is 14.7 Å². The summed E-state index contributed by atoms with van der Waals surface area (Å²) in [6.45, 7) is 0. The van der Waals surface area contributed by atoms with Crippen LogP contribution in [0.4, 0.5) is 21.5 Å². The van der Waals surface area contributed by atoms with Crippen LogP contribution in [0.3, 0.4) is 0 Å². The first-order valence-electron chi connectivity index (χ1n) is 5.88. The summed E-state index contributed by atoms with van der Waals surface area (Å²) < 4.78 is 36.4. The molecule has 0 saturated carbocycles. The van der Waals surface area contributed by atoms with Gasteiger partial charge in [-0.3, -0.25) is 0 Å². The van der Waals surface area contributed by atoms with E-state index < -0.39 is 15.7 Å². The van der Waals surface area contributed by atoms with Crippen molar-refractivity contribution in [2.75, 3.05) is 17.3 Å². The molecule has 0 aliphatic carbocycles. The standard InChI is InChI=1S/C14H12FN3O2S/c1-21(19,20)9-5-6-14(12(17)7-9)18-13-4-2-3-11(15)10(13)8-16/h2-7,18H,17H2,1H3. The molecule has 0 spiro atoms. The number of hydrogen-bond acceptors (Lipinski definition) is 5. The Kier molecular flexibility index (Phi) is 3.82. The lowest BCUT2D eigenvalue weighted by Crippen LogP contribution is -2.02. The molecule has 0 heterocycles. The highest BCUT2D eigenvalue weighted by molar-refractivity contribution is 7.90. The molecule has 7 heteroatoms. The maximum absolute atomic E-state index is 13.5. The van der Waals surface area contributed by atoms with Crippen molar-refractivity contribution in [1.82, 2.24) is 0 Å². The molecule has 3 N–H and O–H groups in total. The Morgan fingerprint density at radius 3 is 2.52 bits per heavy atom. The molecule has 0 amide bonds. The summed E-state index contributed by atoms with van der Waals surface area (Å²) in [6.07, 6.45) is 1.08. The number of nitrogen functional groups attached to an aromatic ring is 1. The zero-order valence-electron chi connectivity index (χ0n) is 11.1. The highest BCUT2D eigenvalue weighted by Crippen LogP contribution is 2.28. The first-order chi connectivity index (χ1) is 9.82. The van der Waals surface area contributed by atoms with Gasteiger partial charge >= 0.3 is 0 Å². The summed E-state index contributed by atoms with van der Waals surface area (Å²) in [7, 11) is -3.35. The van der Waals surface area contributed by atoms with Crippen molar-refractivity contribution in [2.45, 2.75) is 4.90 Å². The van der Waals surface area contributed by atoms with Crippen LogP contribution in [-0.2, 0) is 9.84 Å². The molecule has 0 radical (unpaired) electrons. The van der Waals surface area contributed by atoms with E-state index in [2.05, 4.69) is 5.32 Å². The van der Waals surface area contributed by atoms with E-state index in [0.29, 0.717) is 5.69 Å². The first-order valence-corrected chi connectivity index (χ1v) is 7.77. The van der Waals surface area contributed by atoms with Crippen molar-refractivity contribution in [2.24, 2.45) is 0 Å². The van der Waals surface area contributed by atoms with Gasteiger partial charge in [0.05, 0.1) is 22.0 Å². The number of nitrogens with zero attached hydrogens (tertiary/aromatic N) is 1. The summed E-state index contributed by atoms with van der Waals surface area (Å²) in [5.41, 5.74) is 6.50. The van der Waals surface area contributed by atoms with Gasteiger partial charge in [-0.2, -0.15) is 5.26 Å². The van der Waals surface area contributed by atoms with E-state index in [4.69, 9.17) is 11.0 Å². The number of rotatable bonds is 3. The van der Waals surface area contributed by atoms with Crippen molar-refractivity contribution < 1.29 is 12.8 Å². The summed E-state index contributed by atoms with van der Waals surface area (Å²) in [4.78, 5) is 0.0882. The smallest absolute Gasteiger partial charge is 0.175 e. The Bertz CT molecular complexity index is 842. The van der Waals surface area contributed by atoms with Gasteiger partial charge in [-0.05, 0) is 30.3 Å². The number of sulfone groups is 1. The third kappa shape index (κ3) is 3.12. The molecule has 0 aromatic heterocycles. The molecule has 21 heavy (non-hydrogen) atoms. The molecule has 2 rings (SSSR count). The largest absolute Gasteiger partial charge is 0.397 e. The summed E-state index contributed by atoms with van der Waals surface area (Å²) in [5.74, 6) is -0.645. The maximum Gasteiger partial charge on any atom is 0.175 e. The van der Waals surface area contributed by atoms with E-state index in [-0.39, 0.29) is 21.8 Å². The van der Waals surface area contributed by atoms with Gasteiger partial charge < -0.3 is 11.1 Å². The number of halogens is 1. The minimum Gasteiger partial charge on any atom is -0.397 e. The SMILES string of the molecule is CS(=O)(=O)c1ccc(Nc2cccc(F)c2C#N)c(N)c1. The van der Waals surface area contributed by atoms with Gasteiger partial charge in [0.25, 0.3) is 0 Å². The van der Waals surface area contributed by atoms with Crippen molar-refractivity contribution in [3.05, 3.63) is 47.8 Å². The minimum absolute atomic E-state index is 0.0882. The highest BCUT2D eigenvalue weighted by Gasteiger charge is 2.12. The lowest BCUT2D eigenvalue weighted by molar-refractivity contribution is 0.602. The third-order valence-corrected chi connectivity index (χ3v) is 3.96. The van der Waals surface area contributed by atoms with Gasteiger partial charge in [0, 0.05) is 6.26 Å². The van der Waals surface area contributed by atoms with Crippen molar-refractivity contribution in [3.8, 4) is 6.07 Å². The normalized spacial score (nSPS) is 10.9. The fourth-order valence-corrected chi connectivity index (χ4v) is 2.43. The Morgan fingerprint density at radius 2 is 1.95 bits per heavy atom. The zero-order valence-corrected chi connectivity index (χ0v) is 11.9. The van der Waals surface area contributed by atoms with Crippen molar-refractivity contribution >= 4 is 26.9 Å². The van der Waals surface area contributed by atoms with Crippen LogP contribution in [0.25, 0.3) is 0 Å². The molecule has 0 atom stereocenters. The van der Waals surface area contributed by atoms with E-state index in [0.717, 1.165) is 6.26 Å². The Hall–Kier alpha value is -2.59. The van der Waals surface area contributed by atoms with Gasteiger partial charge in [-0.15, -0.1) is 0 Å². The van der Waals surface area contributed by atoms with Crippen LogP contribution in [0.15, 0.2) is 41.3 Å². The van der Waals surface area contributed by atoms with E-state index in [1.54, 1.807) is 6.07 Å². The first kappa shape index (κ1) is 14.8. The van der Waals surface area contributed by atoms with E-state index in [1.807, 2.05) is 0 Å². The molecular formula is C14H12FN3O2S. The number of nitriles is 1. The van der Waals surface area contributed by atoms with Crippen LogP contribution in [0.5, 0.6) is 0 Å². The average Bonchev–Trinajstić information content (AvgIpc) is 2.40. The molecule has 0 bridgehead atoms. The van der Waals surface area contributed by atoms with Gasteiger partial charge in [-0.25, -0.2) is 12.8 Å². The quantitative estimate of drug-likeness (QED) is 0.849. The Morgan fingerprint density at radius 1 is 1.24 bits per heavy atom. The molecule has 5 nitrogen and oxygen atoms in total. The molecule has 0 aliphatic heterocycles. The number of nitrogens with one attached hydrogen (secondary N) is 1. The monoisotopic (exact) mass is 305 g/mol. The van der Waals surface area contributed by atoms with Gasteiger partial charge in [0.1, 0.15) is 17.4 Å². The van der Waals surface area contributed by atoms with Crippen LogP contribution in [0.1, 0.15) is 5.56 Å². The third-order valence-electron chi connectivity index (χ3n) is 2.85. The van der Waals surface area contributed by atoms with Crippen LogP contribution < -0.4 is 11.1 Å². The predicted molar refractivity (Wildman–Crippen MR) is 78.4 cm³/mol. The lowest BCUT2D eigenvalue weighted by Gasteiger charge is -2.12. The molecule has 0 fully saturated rings. The molecule has 0 aliphatic rings. The van der Waals surface area contributed by atoms with E-state index in [1.165, 1.54) is 36.4 Å². The van der Waals surface area contributed by atoms with E-state index >= 15 is 0 Å². The Labute approximate surface area is 121 Å². The second-order valence-corrected chi connectivity index (χ2v) is 6.44. The molecule has 2 aromatic rings. The fraction of sp³-hybridized carbons (Fsp3) is 0.0714. The lowest BCUT2D eigenvalue weighted by atomic mass is 10.1. The second-order valence-electron chi connectivity index (χ2n) is 4.42. The number of nitrogens with two attached hydrogens (primary N) is 1. The highest BCUT2D eigenvalue weighted by atomic mass is 32.2. The molecular weight excluding hydrogens is 293 g/mol.